The molecule has 0 bridgehead atoms. The number of nitrogens with one attached hydrogen (secondary N) is 1. The molecular formula is C15H27N3S. The van der Waals surface area contributed by atoms with Crippen LogP contribution in [0.15, 0.2) is 12.3 Å². The number of thioether (sulfide) groups is 1. The molecular weight excluding hydrogens is 254 g/mol. The Balaban J connectivity index is 1.70. The van der Waals surface area contributed by atoms with E-state index >= 15 is 0 Å². The minimum atomic E-state index is 0.579. The Kier molecular flexibility index (Phi) is 6.24. The highest BCUT2D eigenvalue weighted by Crippen LogP contribution is 2.28. The van der Waals surface area contributed by atoms with Gasteiger partial charge in [0.2, 0.25) is 0 Å². The van der Waals surface area contributed by atoms with Gasteiger partial charge >= 0.3 is 0 Å². The molecule has 1 N–H and O–H groups in total. The molecule has 0 radical (unpaired) electrons. The molecule has 0 saturated heterocycles. The van der Waals surface area contributed by atoms with E-state index in [1.807, 2.05) is 11.8 Å². The normalized spacial score (nSPS) is 18.0. The van der Waals surface area contributed by atoms with E-state index in [-0.39, 0.29) is 0 Å². The maximum absolute atomic E-state index is 4.71. The molecule has 4 heteroatoms. The molecule has 0 spiro atoms. The van der Waals surface area contributed by atoms with E-state index in [1.165, 1.54) is 49.3 Å². The second-order valence-corrected chi connectivity index (χ2v) is 6.89. The van der Waals surface area contributed by atoms with Crippen LogP contribution in [0.3, 0.4) is 0 Å². The summed E-state index contributed by atoms with van der Waals surface area (Å²) in [6.07, 6.45) is 8.74. The predicted molar refractivity (Wildman–Crippen MR) is 83.6 cm³/mol. The van der Waals surface area contributed by atoms with Crippen LogP contribution in [0.5, 0.6) is 0 Å². The first-order valence-electron chi connectivity index (χ1n) is 7.64. The van der Waals surface area contributed by atoms with Gasteiger partial charge in [0.15, 0.2) is 0 Å². The van der Waals surface area contributed by atoms with Gasteiger partial charge in [-0.3, -0.25) is 4.68 Å². The number of hydrogen-bond acceptors (Lipinski definition) is 3. The van der Waals surface area contributed by atoms with Gasteiger partial charge in [-0.15, -0.1) is 0 Å². The fraction of sp³-hybridized carbons (Fsp3) is 0.800. The summed E-state index contributed by atoms with van der Waals surface area (Å²) < 4.78 is 2.18. The lowest BCUT2D eigenvalue weighted by Crippen LogP contribution is -2.26. The van der Waals surface area contributed by atoms with Crippen molar-refractivity contribution in [1.29, 1.82) is 0 Å². The topological polar surface area (TPSA) is 29.9 Å². The second kappa shape index (κ2) is 7.95. The Morgan fingerprint density at radius 1 is 1.47 bits per heavy atom. The fourth-order valence-electron chi connectivity index (χ4n) is 2.63. The Bertz CT molecular complexity index is 358. The van der Waals surface area contributed by atoms with E-state index < -0.39 is 0 Å². The summed E-state index contributed by atoms with van der Waals surface area (Å²) in [5, 5.41) is 8.28. The van der Waals surface area contributed by atoms with Crippen molar-refractivity contribution in [1.82, 2.24) is 15.1 Å². The van der Waals surface area contributed by atoms with E-state index in [0.29, 0.717) is 12.1 Å². The molecule has 1 atom stereocenters. The van der Waals surface area contributed by atoms with Crippen LogP contribution in [0.2, 0.25) is 0 Å². The first-order chi connectivity index (χ1) is 9.29. The lowest BCUT2D eigenvalue weighted by molar-refractivity contribution is 0.456. The van der Waals surface area contributed by atoms with Crippen LogP contribution in [-0.4, -0.2) is 27.3 Å². The quantitative estimate of drug-likeness (QED) is 0.738. The molecule has 1 aromatic rings. The molecule has 1 aliphatic rings. The van der Waals surface area contributed by atoms with Crippen molar-refractivity contribution in [2.45, 2.75) is 64.6 Å². The SMILES string of the molecule is CCSCCC(C)NCc1ccn(C2CCCC2)n1. The Morgan fingerprint density at radius 3 is 3.00 bits per heavy atom. The summed E-state index contributed by atoms with van der Waals surface area (Å²) in [7, 11) is 0. The van der Waals surface area contributed by atoms with Crippen LogP contribution in [-0.2, 0) is 6.54 Å². The molecule has 1 saturated carbocycles. The van der Waals surface area contributed by atoms with Crippen LogP contribution in [0, 0.1) is 0 Å². The van der Waals surface area contributed by atoms with Gasteiger partial charge in [-0.05, 0) is 43.8 Å². The van der Waals surface area contributed by atoms with E-state index in [0.717, 1.165) is 6.54 Å². The monoisotopic (exact) mass is 281 g/mol. The molecule has 1 aliphatic carbocycles. The van der Waals surface area contributed by atoms with E-state index in [2.05, 4.69) is 36.1 Å². The number of nitrogens with zero attached hydrogens (tertiary/aromatic N) is 2. The van der Waals surface area contributed by atoms with Crippen LogP contribution < -0.4 is 5.32 Å². The summed E-state index contributed by atoms with van der Waals surface area (Å²) in [5.74, 6) is 2.47. The van der Waals surface area contributed by atoms with Crippen LogP contribution in [0.1, 0.15) is 57.7 Å². The molecule has 108 valence electrons. The van der Waals surface area contributed by atoms with Crippen LogP contribution >= 0.6 is 11.8 Å². The van der Waals surface area contributed by atoms with Gasteiger partial charge < -0.3 is 5.32 Å². The van der Waals surface area contributed by atoms with Crippen LogP contribution in [0.4, 0.5) is 0 Å². The fourth-order valence-corrected chi connectivity index (χ4v) is 3.44. The lowest BCUT2D eigenvalue weighted by atomic mass is 10.2. The van der Waals surface area contributed by atoms with Gasteiger partial charge in [-0.25, -0.2) is 0 Å². The zero-order valence-electron chi connectivity index (χ0n) is 12.3. The molecule has 1 unspecified atom stereocenters. The molecule has 0 amide bonds. The standard InChI is InChI=1S/C15H27N3S/c1-3-19-11-9-13(2)16-12-14-8-10-18(17-14)15-6-4-5-7-15/h8,10,13,15-16H,3-7,9,11-12H2,1-2H3. The second-order valence-electron chi connectivity index (χ2n) is 5.49. The minimum absolute atomic E-state index is 0.579. The zero-order valence-corrected chi connectivity index (χ0v) is 13.1. The smallest absolute Gasteiger partial charge is 0.0762 e. The Hall–Kier alpha value is -0.480. The summed E-state index contributed by atoms with van der Waals surface area (Å²) in [5.41, 5.74) is 1.18. The summed E-state index contributed by atoms with van der Waals surface area (Å²) in [4.78, 5) is 0. The molecule has 3 nitrogen and oxygen atoms in total. The maximum Gasteiger partial charge on any atom is 0.0762 e. The zero-order chi connectivity index (χ0) is 13.5. The highest BCUT2D eigenvalue weighted by atomic mass is 32.2. The van der Waals surface area contributed by atoms with Crippen molar-refractivity contribution < 1.29 is 0 Å². The van der Waals surface area contributed by atoms with Gasteiger partial charge in [0.25, 0.3) is 0 Å². The molecule has 19 heavy (non-hydrogen) atoms. The average molecular weight is 281 g/mol. The average Bonchev–Trinajstić information content (AvgIpc) is 3.07. The van der Waals surface area contributed by atoms with E-state index in [9.17, 15) is 0 Å². The van der Waals surface area contributed by atoms with Crippen molar-refractivity contribution in [3.8, 4) is 0 Å². The number of rotatable bonds is 8. The maximum atomic E-state index is 4.71. The van der Waals surface area contributed by atoms with Gasteiger partial charge in [0.1, 0.15) is 0 Å². The van der Waals surface area contributed by atoms with Gasteiger partial charge in [-0.2, -0.15) is 16.9 Å². The summed E-state index contributed by atoms with van der Waals surface area (Å²) >= 11 is 2.02. The van der Waals surface area contributed by atoms with Crippen molar-refractivity contribution in [3.63, 3.8) is 0 Å². The molecule has 1 fully saturated rings. The largest absolute Gasteiger partial charge is 0.309 e. The highest BCUT2D eigenvalue weighted by Gasteiger charge is 2.17. The Morgan fingerprint density at radius 2 is 2.26 bits per heavy atom. The van der Waals surface area contributed by atoms with E-state index in [4.69, 9.17) is 5.10 Å². The highest BCUT2D eigenvalue weighted by molar-refractivity contribution is 7.99. The number of aromatic nitrogens is 2. The van der Waals surface area contributed by atoms with Crippen molar-refractivity contribution >= 4 is 11.8 Å². The molecule has 1 aromatic heterocycles. The molecule has 1 heterocycles. The predicted octanol–water partition coefficient (Wildman–Crippen LogP) is 3.62. The van der Waals surface area contributed by atoms with Crippen molar-refractivity contribution in [2.75, 3.05) is 11.5 Å². The first kappa shape index (κ1) is 14.9. The lowest BCUT2D eigenvalue weighted by Gasteiger charge is -2.12. The molecule has 0 aliphatic heterocycles. The summed E-state index contributed by atoms with van der Waals surface area (Å²) in [6.45, 7) is 5.39. The van der Waals surface area contributed by atoms with Gasteiger partial charge in [0.05, 0.1) is 11.7 Å². The van der Waals surface area contributed by atoms with Crippen LogP contribution in [0.25, 0.3) is 0 Å². The third-order valence-corrected chi connectivity index (χ3v) is 4.83. The third kappa shape index (κ3) is 4.84. The molecule has 0 aromatic carbocycles. The minimum Gasteiger partial charge on any atom is -0.309 e. The van der Waals surface area contributed by atoms with E-state index in [1.54, 1.807) is 0 Å². The van der Waals surface area contributed by atoms with Gasteiger partial charge in [0, 0.05) is 18.8 Å². The Labute approximate surface area is 121 Å². The van der Waals surface area contributed by atoms with Crippen molar-refractivity contribution in [2.24, 2.45) is 0 Å². The third-order valence-electron chi connectivity index (χ3n) is 3.89. The first-order valence-corrected chi connectivity index (χ1v) is 8.80. The molecule has 2 rings (SSSR count). The van der Waals surface area contributed by atoms with Gasteiger partial charge in [-0.1, -0.05) is 19.8 Å². The van der Waals surface area contributed by atoms with Crippen molar-refractivity contribution in [3.05, 3.63) is 18.0 Å². The summed E-state index contributed by atoms with van der Waals surface area (Å²) in [6, 6.07) is 3.40. The number of hydrogen-bond donors (Lipinski definition) is 1.